The smallest absolute Gasteiger partial charge is 0.306 e. The predicted molar refractivity (Wildman–Crippen MR) is 122 cm³/mol. The fraction of sp³-hybridized carbons (Fsp3) is 0.440. The van der Waals surface area contributed by atoms with E-state index >= 15 is 0 Å². The Morgan fingerprint density at radius 3 is 2.40 bits per heavy atom. The first-order valence-electron chi connectivity index (χ1n) is 11.0. The summed E-state index contributed by atoms with van der Waals surface area (Å²) < 4.78 is 0. The van der Waals surface area contributed by atoms with Crippen LogP contribution in [0.3, 0.4) is 0 Å². The van der Waals surface area contributed by atoms with Crippen LogP contribution in [-0.4, -0.2) is 23.5 Å². The van der Waals surface area contributed by atoms with Crippen molar-refractivity contribution in [3.63, 3.8) is 0 Å². The summed E-state index contributed by atoms with van der Waals surface area (Å²) in [5, 5.41) is 14.2. The highest BCUT2D eigenvalue weighted by Gasteiger charge is 2.26. The van der Waals surface area contributed by atoms with Crippen LogP contribution in [0.15, 0.2) is 41.8 Å². The molecule has 0 aliphatic heterocycles. The van der Waals surface area contributed by atoms with E-state index in [1.807, 2.05) is 11.4 Å². The molecule has 5 heteroatoms. The predicted octanol–water partition coefficient (Wildman–Crippen LogP) is 5.99. The van der Waals surface area contributed by atoms with Gasteiger partial charge in [-0.25, -0.2) is 0 Å². The molecular weight excluding hydrogens is 394 g/mol. The van der Waals surface area contributed by atoms with Crippen LogP contribution in [-0.2, 0) is 4.79 Å². The Labute approximate surface area is 182 Å². The third kappa shape index (κ3) is 5.01. The SMILES string of the molecule is O=C(NCC1CCC(C(=O)O)CC1)c1cc(-c2ccc(C3=CCCCC3)cc2)cs1. The molecule has 0 bridgehead atoms. The Morgan fingerprint density at radius 2 is 1.73 bits per heavy atom. The number of nitrogens with one attached hydrogen (secondary N) is 1. The standard InChI is InChI=1S/C25H29NO3S/c27-24(26-15-17-6-8-21(9-7-17)25(28)29)23-14-22(16-30-23)20-12-10-19(11-13-20)18-4-2-1-3-5-18/h4,10-14,16-17,21H,1-3,5-9,15H2,(H,26,27)(H,28,29). The zero-order valence-electron chi connectivity index (χ0n) is 17.2. The molecule has 1 fully saturated rings. The Balaban J connectivity index is 1.32. The molecule has 2 aromatic rings. The minimum atomic E-state index is -0.688. The van der Waals surface area contributed by atoms with Gasteiger partial charge in [-0.15, -0.1) is 11.3 Å². The van der Waals surface area contributed by atoms with E-state index in [0.717, 1.165) is 28.8 Å². The lowest BCUT2D eigenvalue weighted by Gasteiger charge is -2.26. The number of carboxylic acids is 1. The highest BCUT2D eigenvalue weighted by Crippen LogP contribution is 2.31. The van der Waals surface area contributed by atoms with Crippen molar-refractivity contribution in [2.24, 2.45) is 11.8 Å². The van der Waals surface area contributed by atoms with Gasteiger partial charge in [-0.3, -0.25) is 9.59 Å². The number of carboxylic acid groups (broad SMARTS) is 1. The minimum absolute atomic E-state index is 0.0319. The molecule has 2 aliphatic carbocycles. The molecule has 1 aromatic carbocycles. The van der Waals surface area contributed by atoms with Crippen molar-refractivity contribution in [3.8, 4) is 11.1 Å². The van der Waals surface area contributed by atoms with Crippen LogP contribution in [0.1, 0.15) is 66.6 Å². The zero-order chi connectivity index (χ0) is 20.9. The van der Waals surface area contributed by atoms with Gasteiger partial charge >= 0.3 is 5.97 Å². The maximum Gasteiger partial charge on any atom is 0.306 e. The summed E-state index contributed by atoms with van der Waals surface area (Å²) in [6, 6.07) is 10.6. The van der Waals surface area contributed by atoms with Crippen molar-refractivity contribution in [1.29, 1.82) is 0 Å². The normalized spacial score (nSPS) is 21.7. The first kappa shape index (κ1) is 20.9. The van der Waals surface area contributed by atoms with Gasteiger partial charge in [0.2, 0.25) is 0 Å². The zero-order valence-corrected chi connectivity index (χ0v) is 18.0. The first-order chi connectivity index (χ1) is 14.6. The summed E-state index contributed by atoms with van der Waals surface area (Å²) in [6.07, 6.45) is 10.5. The van der Waals surface area contributed by atoms with E-state index < -0.39 is 5.97 Å². The van der Waals surface area contributed by atoms with E-state index in [4.69, 9.17) is 5.11 Å². The molecule has 1 amide bonds. The fourth-order valence-corrected chi connectivity index (χ4v) is 5.35. The Hall–Kier alpha value is -2.40. The van der Waals surface area contributed by atoms with Gasteiger partial charge in [-0.1, -0.05) is 30.3 Å². The van der Waals surface area contributed by atoms with Gasteiger partial charge in [0.25, 0.3) is 5.91 Å². The molecule has 2 aliphatic rings. The van der Waals surface area contributed by atoms with Crippen molar-refractivity contribution in [2.75, 3.05) is 6.54 Å². The number of benzene rings is 1. The monoisotopic (exact) mass is 423 g/mol. The summed E-state index contributed by atoms with van der Waals surface area (Å²) >= 11 is 1.47. The van der Waals surface area contributed by atoms with E-state index in [2.05, 4.69) is 35.7 Å². The molecule has 4 rings (SSSR count). The molecule has 1 heterocycles. The van der Waals surface area contributed by atoms with Gasteiger partial charge < -0.3 is 10.4 Å². The maximum absolute atomic E-state index is 12.6. The van der Waals surface area contributed by atoms with Gasteiger partial charge in [0.05, 0.1) is 10.8 Å². The average Bonchev–Trinajstić information content (AvgIpc) is 3.29. The van der Waals surface area contributed by atoms with Crippen molar-refractivity contribution in [1.82, 2.24) is 5.32 Å². The second kappa shape index (κ2) is 9.61. The number of hydrogen-bond acceptors (Lipinski definition) is 3. The van der Waals surface area contributed by atoms with E-state index in [0.29, 0.717) is 25.3 Å². The molecule has 0 unspecified atom stereocenters. The van der Waals surface area contributed by atoms with Crippen LogP contribution in [0.25, 0.3) is 16.7 Å². The molecule has 158 valence electrons. The van der Waals surface area contributed by atoms with Crippen LogP contribution in [0.4, 0.5) is 0 Å². The molecule has 0 radical (unpaired) electrons. The third-order valence-corrected chi connectivity index (χ3v) is 7.38. The van der Waals surface area contributed by atoms with Crippen LogP contribution in [0.2, 0.25) is 0 Å². The first-order valence-corrected chi connectivity index (χ1v) is 11.9. The molecule has 1 aromatic heterocycles. The van der Waals surface area contributed by atoms with Crippen LogP contribution >= 0.6 is 11.3 Å². The topological polar surface area (TPSA) is 66.4 Å². The molecule has 30 heavy (non-hydrogen) atoms. The van der Waals surface area contributed by atoms with Crippen molar-refractivity contribution >= 4 is 28.8 Å². The van der Waals surface area contributed by atoms with Crippen molar-refractivity contribution in [3.05, 3.63) is 52.2 Å². The van der Waals surface area contributed by atoms with Gasteiger partial charge in [0, 0.05) is 6.54 Å². The van der Waals surface area contributed by atoms with Gasteiger partial charge in [-0.2, -0.15) is 0 Å². The summed E-state index contributed by atoms with van der Waals surface area (Å²) in [4.78, 5) is 24.3. The largest absolute Gasteiger partial charge is 0.481 e. The number of hydrogen-bond donors (Lipinski definition) is 2. The molecule has 1 saturated carbocycles. The lowest BCUT2D eigenvalue weighted by molar-refractivity contribution is -0.143. The summed E-state index contributed by atoms with van der Waals surface area (Å²) in [5.41, 5.74) is 4.98. The second-order valence-corrected chi connectivity index (χ2v) is 9.43. The van der Waals surface area contributed by atoms with Crippen LogP contribution in [0.5, 0.6) is 0 Å². The second-order valence-electron chi connectivity index (χ2n) is 8.52. The average molecular weight is 424 g/mol. The lowest BCUT2D eigenvalue weighted by Crippen LogP contribution is -2.32. The number of rotatable bonds is 6. The Morgan fingerprint density at radius 1 is 1.00 bits per heavy atom. The van der Waals surface area contributed by atoms with E-state index in [-0.39, 0.29) is 11.8 Å². The molecule has 0 spiro atoms. The minimum Gasteiger partial charge on any atom is -0.481 e. The number of carbonyl (C=O) groups is 2. The summed E-state index contributed by atoms with van der Waals surface area (Å²) in [6.45, 7) is 0.627. The van der Waals surface area contributed by atoms with Crippen LogP contribution in [0, 0.1) is 11.8 Å². The maximum atomic E-state index is 12.6. The molecule has 2 N–H and O–H groups in total. The number of thiophene rings is 1. The molecule has 4 nitrogen and oxygen atoms in total. The fourth-order valence-electron chi connectivity index (χ4n) is 4.52. The van der Waals surface area contributed by atoms with Crippen molar-refractivity contribution < 1.29 is 14.7 Å². The Kier molecular flexibility index (Phi) is 6.68. The van der Waals surface area contributed by atoms with E-state index in [9.17, 15) is 9.59 Å². The Bertz CT molecular complexity index is 920. The number of aliphatic carboxylic acids is 1. The highest BCUT2D eigenvalue weighted by atomic mass is 32.1. The molecule has 0 atom stereocenters. The highest BCUT2D eigenvalue weighted by molar-refractivity contribution is 7.12. The van der Waals surface area contributed by atoms with Gasteiger partial charge in [0.15, 0.2) is 0 Å². The van der Waals surface area contributed by atoms with Gasteiger partial charge in [0.1, 0.15) is 0 Å². The van der Waals surface area contributed by atoms with E-state index in [1.165, 1.54) is 48.2 Å². The molecular formula is C25H29NO3S. The quantitative estimate of drug-likeness (QED) is 0.599. The summed E-state index contributed by atoms with van der Waals surface area (Å²) in [7, 11) is 0. The van der Waals surface area contributed by atoms with Crippen LogP contribution < -0.4 is 5.32 Å². The molecule has 0 saturated heterocycles. The van der Waals surface area contributed by atoms with Gasteiger partial charge in [-0.05, 0) is 91.0 Å². The number of carbonyl (C=O) groups excluding carboxylic acids is 1. The summed E-state index contributed by atoms with van der Waals surface area (Å²) in [5.74, 6) is -0.550. The third-order valence-electron chi connectivity index (χ3n) is 6.45. The number of allylic oxidation sites excluding steroid dienone is 2. The van der Waals surface area contributed by atoms with E-state index in [1.54, 1.807) is 0 Å². The van der Waals surface area contributed by atoms with Crippen molar-refractivity contribution in [2.45, 2.75) is 51.4 Å². The number of amides is 1. The lowest BCUT2D eigenvalue weighted by atomic mass is 9.82.